The zero-order chi connectivity index (χ0) is 17.3. The number of ether oxygens (including phenoxy) is 2. The third kappa shape index (κ3) is 3.40. The largest absolute Gasteiger partial charge is 0.490 e. The standard InChI is InChI=1S/C20H27NO4/c22-19(23)20-9-10-24-13-16(20)12-21(14-20)11-15-5-7-18(8-6-15)25-17-3-1-2-4-17/h5-8,16-17H,1-4,9-14H2,(H,22,23)/t16-,20+/m1/s1. The van der Waals surface area contributed by atoms with E-state index in [2.05, 4.69) is 17.0 Å². The van der Waals surface area contributed by atoms with Crippen LogP contribution in [0.15, 0.2) is 24.3 Å². The van der Waals surface area contributed by atoms with Crippen molar-refractivity contribution in [2.24, 2.45) is 11.3 Å². The van der Waals surface area contributed by atoms with Crippen LogP contribution in [-0.4, -0.2) is 48.4 Å². The summed E-state index contributed by atoms with van der Waals surface area (Å²) in [5.74, 6) is 0.383. The van der Waals surface area contributed by atoms with E-state index >= 15 is 0 Å². The molecule has 0 aromatic heterocycles. The molecule has 2 heterocycles. The van der Waals surface area contributed by atoms with E-state index in [1.54, 1.807) is 0 Å². The summed E-state index contributed by atoms with van der Waals surface area (Å²) in [6.45, 7) is 3.33. The molecule has 1 aliphatic carbocycles. The van der Waals surface area contributed by atoms with Crippen LogP contribution < -0.4 is 4.74 Å². The molecule has 0 radical (unpaired) electrons. The van der Waals surface area contributed by atoms with Gasteiger partial charge in [-0.2, -0.15) is 0 Å². The van der Waals surface area contributed by atoms with E-state index in [9.17, 15) is 9.90 Å². The molecule has 0 bridgehead atoms. The molecule has 0 unspecified atom stereocenters. The zero-order valence-corrected chi connectivity index (χ0v) is 14.7. The summed E-state index contributed by atoms with van der Waals surface area (Å²) in [7, 11) is 0. The van der Waals surface area contributed by atoms with Gasteiger partial charge < -0.3 is 14.6 Å². The number of benzene rings is 1. The first-order chi connectivity index (χ1) is 12.2. The van der Waals surface area contributed by atoms with Crippen LogP contribution in [0.1, 0.15) is 37.7 Å². The number of carboxylic acids is 1. The normalized spacial score (nSPS) is 30.3. The fraction of sp³-hybridized carbons (Fsp3) is 0.650. The second-order valence-corrected chi connectivity index (χ2v) is 7.82. The van der Waals surface area contributed by atoms with Crippen LogP contribution in [0.4, 0.5) is 0 Å². The average Bonchev–Trinajstić information content (AvgIpc) is 3.24. The molecule has 0 spiro atoms. The van der Waals surface area contributed by atoms with E-state index in [0.29, 0.717) is 32.3 Å². The molecule has 5 nitrogen and oxygen atoms in total. The van der Waals surface area contributed by atoms with Crippen LogP contribution in [0.2, 0.25) is 0 Å². The number of rotatable bonds is 5. The number of fused-ring (bicyclic) bond motifs is 1. The monoisotopic (exact) mass is 345 g/mol. The lowest BCUT2D eigenvalue weighted by atomic mass is 9.74. The molecule has 2 saturated heterocycles. The van der Waals surface area contributed by atoms with Crippen LogP contribution in [0, 0.1) is 11.3 Å². The smallest absolute Gasteiger partial charge is 0.311 e. The molecule has 1 aromatic carbocycles. The quantitative estimate of drug-likeness (QED) is 0.889. The van der Waals surface area contributed by atoms with Gasteiger partial charge >= 0.3 is 5.97 Å². The lowest BCUT2D eigenvalue weighted by Crippen LogP contribution is -2.44. The van der Waals surface area contributed by atoms with Gasteiger partial charge in [0, 0.05) is 32.2 Å². The Hall–Kier alpha value is -1.59. The van der Waals surface area contributed by atoms with Crippen molar-refractivity contribution >= 4 is 5.97 Å². The molecule has 1 aromatic rings. The van der Waals surface area contributed by atoms with E-state index in [4.69, 9.17) is 9.47 Å². The number of hydrogen-bond acceptors (Lipinski definition) is 4. The number of carbonyl (C=O) groups is 1. The molecular weight excluding hydrogens is 318 g/mol. The molecule has 2 aliphatic heterocycles. The predicted molar refractivity (Wildman–Crippen MR) is 93.6 cm³/mol. The summed E-state index contributed by atoms with van der Waals surface area (Å²) in [5, 5.41) is 9.76. The maximum Gasteiger partial charge on any atom is 0.311 e. The number of nitrogens with zero attached hydrogens (tertiary/aromatic N) is 1. The summed E-state index contributed by atoms with van der Waals surface area (Å²) < 4.78 is 11.5. The Labute approximate surface area is 148 Å². The van der Waals surface area contributed by atoms with E-state index in [1.165, 1.54) is 18.4 Å². The minimum Gasteiger partial charge on any atom is -0.490 e. The van der Waals surface area contributed by atoms with Gasteiger partial charge in [-0.25, -0.2) is 0 Å². The highest BCUT2D eigenvalue weighted by Crippen LogP contribution is 2.42. The third-order valence-electron chi connectivity index (χ3n) is 6.14. The van der Waals surface area contributed by atoms with Crippen LogP contribution in [0.5, 0.6) is 5.75 Å². The highest BCUT2D eigenvalue weighted by atomic mass is 16.5. The molecule has 2 atom stereocenters. The van der Waals surface area contributed by atoms with Crippen LogP contribution in [0.3, 0.4) is 0 Å². The van der Waals surface area contributed by atoms with Gasteiger partial charge in [0.15, 0.2) is 0 Å². The maximum atomic E-state index is 11.9. The van der Waals surface area contributed by atoms with Crippen molar-refractivity contribution in [3.05, 3.63) is 29.8 Å². The molecule has 3 aliphatic rings. The van der Waals surface area contributed by atoms with E-state index in [-0.39, 0.29) is 5.92 Å². The summed E-state index contributed by atoms with van der Waals surface area (Å²) in [5.41, 5.74) is 0.586. The number of carboxylic acid groups (broad SMARTS) is 1. The Kier molecular flexibility index (Phi) is 4.69. The van der Waals surface area contributed by atoms with Crippen molar-refractivity contribution in [2.45, 2.75) is 44.8 Å². The van der Waals surface area contributed by atoms with Crippen LogP contribution in [-0.2, 0) is 16.1 Å². The SMILES string of the molecule is O=C(O)[C@]12CCOC[C@H]1CN(Cc1ccc(OC3CCCC3)cc1)C2. The minimum absolute atomic E-state index is 0.101. The molecule has 136 valence electrons. The highest BCUT2D eigenvalue weighted by Gasteiger charge is 2.53. The average molecular weight is 345 g/mol. The van der Waals surface area contributed by atoms with Crippen LogP contribution >= 0.6 is 0 Å². The van der Waals surface area contributed by atoms with Gasteiger partial charge in [-0.05, 0) is 49.8 Å². The Morgan fingerprint density at radius 2 is 2.04 bits per heavy atom. The molecule has 3 fully saturated rings. The zero-order valence-electron chi connectivity index (χ0n) is 14.7. The van der Waals surface area contributed by atoms with Gasteiger partial charge in [-0.1, -0.05) is 12.1 Å². The fourth-order valence-electron chi connectivity index (χ4n) is 4.65. The van der Waals surface area contributed by atoms with Gasteiger partial charge in [0.05, 0.1) is 18.1 Å². The number of hydrogen-bond donors (Lipinski definition) is 1. The predicted octanol–water partition coefficient (Wildman–Crippen LogP) is 2.93. The van der Waals surface area contributed by atoms with E-state index in [0.717, 1.165) is 31.7 Å². The van der Waals surface area contributed by atoms with Crippen molar-refractivity contribution < 1.29 is 19.4 Å². The lowest BCUT2D eigenvalue weighted by molar-refractivity contribution is -0.157. The Balaban J connectivity index is 1.38. The molecule has 1 N–H and O–H groups in total. The Morgan fingerprint density at radius 1 is 1.28 bits per heavy atom. The molecule has 4 rings (SSSR count). The second-order valence-electron chi connectivity index (χ2n) is 7.82. The van der Waals surface area contributed by atoms with E-state index in [1.807, 2.05) is 12.1 Å². The first-order valence-electron chi connectivity index (χ1n) is 9.45. The first kappa shape index (κ1) is 16.9. The number of aliphatic carboxylic acids is 1. The molecule has 25 heavy (non-hydrogen) atoms. The summed E-state index contributed by atoms with van der Waals surface area (Å²) >= 11 is 0. The molecular formula is C20H27NO4. The van der Waals surface area contributed by atoms with Crippen molar-refractivity contribution in [1.29, 1.82) is 0 Å². The summed E-state index contributed by atoms with van der Waals surface area (Å²) in [6, 6.07) is 8.31. The number of likely N-dealkylation sites (tertiary alicyclic amines) is 1. The van der Waals surface area contributed by atoms with Gasteiger partial charge in [-0.3, -0.25) is 9.69 Å². The molecule has 1 saturated carbocycles. The van der Waals surface area contributed by atoms with Gasteiger partial charge in [0.1, 0.15) is 5.75 Å². The van der Waals surface area contributed by atoms with Gasteiger partial charge in [-0.15, -0.1) is 0 Å². The Morgan fingerprint density at radius 3 is 2.72 bits per heavy atom. The van der Waals surface area contributed by atoms with Crippen molar-refractivity contribution in [2.75, 3.05) is 26.3 Å². The first-order valence-corrected chi connectivity index (χ1v) is 9.45. The fourth-order valence-corrected chi connectivity index (χ4v) is 4.65. The topological polar surface area (TPSA) is 59.0 Å². The highest BCUT2D eigenvalue weighted by molar-refractivity contribution is 5.76. The van der Waals surface area contributed by atoms with Crippen molar-refractivity contribution in [3.63, 3.8) is 0 Å². The third-order valence-corrected chi connectivity index (χ3v) is 6.14. The van der Waals surface area contributed by atoms with Crippen molar-refractivity contribution in [3.8, 4) is 5.75 Å². The van der Waals surface area contributed by atoms with Gasteiger partial charge in [0.25, 0.3) is 0 Å². The molecule has 5 heteroatoms. The van der Waals surface area contributed by atoms with Crippen molar-refractivity contribution in [1.82, 2.24) is 4.90 Å². The summed E-state index contributed by atoms with van der Waals surface area (Å²) in [4.78, 5) is 14.1. The Bertz CT molecular complexity index is 611. The van der Waals surface area contributed by atoms with Crippen LogP contribution in [0.25, 0.3) is 0 Å². The second kappa shape index (κ2) is 6.96. The minimum atomic E-state index is -0.663. The lowest BCUT2D eigenvalue weighted by Gasteiger charge is -2.34. The van der Waals surface area contributed by atoms with E-state index < -0.39 is 11.4 Å². The summed E-state index contributed by atoms with van der Waals surface area (Å²) in [6.07, 6.45) is 5.87. The van der Waals surface area contributed by atoms with Gasteiger partial charge in [0.2, 0.25) is 0 Å². The maximum absolute atomic E-state index is 11.9. The molecule has 0 amide bonds.